The van der Waals surface area contributed by atoms with Gasteiger partial charge in [-0.1, -0.05) is 43.0 Å². The van der Waals surface area contributed by atoms with Gasteiger partial charge in [0.2, 0.25) is 0 Å². The molecule has 0 unspecified atom stereocenters. The highest BCUT2D eigenvalue weighted by molar-refractivity contribution is 6.32. The molecule has 1 amide bonds. The van der Waals surface area contributed by atoms with Gasteiger partial charge in [-0.2, -0.15) is 0 Å². The topological polar surface area (TPSA) is 81.8 Å². The predicted molar refractivity (Wildman–Crippen MR) is 180 cm³/mol. The van der Waals surface area contributed by atoms with Gasteiger partial charge >= 0.3 is 0 Å². The van der Waals surface area contributed by atoms with E-state index in [1.807, 2.05) is 55.6 Å². The molecule has 0 atom stereocenters. The van der Waals surface area contributed by atoms with E-state index in [1.165, 1.54) is 19.3 Å². The van der Waals surface area contributed by atoms with Gasteiger partial charge in [-0.15, -0.1) is 0 Å². The van der Waals surface area contributed by atoms with E-state index in [1.54, 1.807) is 19.2 Å². The molecular formula is C37H38ClN5O2. The molecule has 8 heteroatoms. The Morgan fingerprint density at radius 3 is 2.53 bits per heavy atom. The normalized spacial score (nSPS) is 16.8. The summed E-state index contributed by atoms with van der Waals surface area (Å²) < 4.78 is 4.54. The van der Waals surface area contributed by atoms with E-state index in [2.05, 4.69) is 32.4 Å². The number of imidazole rings is 1. The van der Waals surface area contributed by atoms with Crippen LogP contribution in [-0.2, 0) is 17.4 Å². The third kappa shape index (κ3) is 5.17. The lowest BCUT2D eigenvalue weighted by molar-refractivity contribution is -0.112. The van der Waals surface area contributed by atoms with E-state index in [9.17, 15) is 9.59 Å². The lowest BCUT2D eigenvalue weighted by atomic mass is 9.75. The number of allylic oxidation sites excluding steroid dienone is 1. The first-order chi connectivity index (χ1) is 21.8. The highest BCUT2D eigenvalue weighted by Crippen LogP contribution is 2.44. The number of halogens is 1. The first-order valence-corrected chi connectivity index (χ1v) is 16.4. The van der Waals surface area contributed by atoms with E-state index in [4.69, 9.17) is 16.6 Å². The molecule has 0 aliphatic heterocycles. The van der Waals surface area contributed by atoms with Gasteiger partial charge in [-0.25, -0.2) is 9.97 Å². The Morgan fingerprint density at radius 1 is 1.02 bits per heavy atom. The van der Waals surface area contributed by atoms with Crippen LogP contribution in [0.1, 0.15) is 91.6 Å². The molecule has 0 saturated heterocycles. The lowest BCUT2D eigenvalue weighted by Gasteiger charge is -2.41. The summed E-state index contributed by atoms with van der Waals surface area (Å²) in [6.45, 7) is 3.68. The Hall–Kier alpha value is -4.23. The number of benzene rings is 2. The van der Waals surface area contributed by atoms with Crippen LogP contribution >= 0.6 is 11.6 Å². The first kappa shape index (κ1) is 29.5. The zero-order valence-corrected chi connectivity index (χ0v) is 26.8. The van der Waals surface area contributed by atoms with Gasteiger partial charge < -0.3 is 14.5 Å². The molecule has 0 bridgehead atoms. The fourth-order valence-electron chi connectivity index (χ4n) is 7.41. The van der Waals surface area contributed by atoms with Gasteiger partial charge in [0, 0.05) is 41.3 Å². The molecule has 7 rings (SSSR count). The Morgan fingerprint density at radius 2 is 1.82 bits per heavy atom. The largest absolute Gasteiger partial charge is 0.339 e. The molecule has 2 saturated carbocycles. The van der Waals surface area contributed by atoms with Gasteiger partial charge in [0.25, 0.3) is 5.91 Å². The molecule has 7 nitrogen and oxygen atoms in total. The van der Waals surface area contributed by atoms with Gasteiger partial charge in [-0.05, 0) is 106 Å². The summed E-state index contributed by atoms with van der Waals surface area (Å²) in [6, 6.07) is 16.5. The number of nitrogens with one attached hydrogen (secondary N) is 1. The van der Waals surface area contributed by atoms with E-state index in [-0.39, 0.29) is 11.7 Å². The summed E-state index contributed by atoms with van der Waals surface area (Å²) >= 11 is 6.67. The van der Waals surface area contributed by atoms with Crippen LogP contribution in [0.4, 0.5) is 0 Å². The summed E-state index contributed by atoms with van der Waals surface area (Å²) in [4.78, 5) is 34.8. The van der Waals surface area contributed by atoms with Gasteiger partial charge in [0.15, 0.2) is 5.78 Å². The highest BCUT2D eigenvalue weighted by Gasteiger charge is 2.44. The maximum Gasteiger partial charge on any atom is 0.252 e. The van der Waals surface area contributed by atoms with Crippen LogP contribution in [0.5, 0.6) is 0 Å². The second-order valence-corrected chi connectivity index (χ2v) is 13.1. The summed E-state index contributed by atoms with van der Waals surface area (Å²) in [5.74, 6) is 0.770. The molecule has 3 aromatic heterocycles. The molecular weight excluding hydrogens is 582 g/mol. The van der Waals surface area contributed by atoms with Crippen molar-refractivity contribution in [3.8, 4) is 11.3 Å². The first-order valence-electron chi connectivity index (χ1n) is 16.0. The van der Waals surface area contributed by atoms with E-state index in [0.717, 1.165) is 82.2 Å². The standard InChI is InChI=1S/C37H38ClN5O2/c1-23(44)12-13-25-14-16-30-32(21-25)42(3)36(40-30)37(18-8-19-37)41-35(45)26-15-17-31-29(22-26)24(2)33(28-11-7-20-39-34(28)38)43(31)27-9-5-4-6-10-27/h7,11-17,20-22,27H,4-6,8-10,18-19H2,1-3H3,(H,41,45)/b13-12+. The summed E-state index contributed by atoms with van der Waals surface area (Å²) in [6.07, 6.45) is 13.8. The zero-order chi connectivity index (χ0) is 31.3. The zero-order valence-electron chi connectivity index (χ0n) is 26.1. The van der Waals surface area contributed by atoms with Crippen molar-refractivity contribution in [2.75, 3.05) is 0 Å². The third-order valence-corrected chi connectivity index (χ3v) is 10.2. The number of hydrogen-bond acceptors (Lipinski definition) is 4. The predicted octanol–water partition coefficient (Wildman–Crippen LogP) is 8.47. The van der Waals surface area contributed by atoms with Gasteiger partial charge in [-0.3, -0.25) is 9.59 Å². The van der Waals surface area contributed by atoms with Gasteiger partial charge in [0.1, 0.15) is 11.0 Å². The molecule has 2 fully saturated rings. The Bertz CT molecular complexity index is 1990. The number of pyridine rings is 1. The van der Waals surface area contributed by atoms with Crippen molar-refractivity contribution in [1.82, 2.24) is 24.4 Å². The van der Waals surface area contributed by atoms with E-state index < -0.39 is 5.54 Å². The number of aryl methyl sites for hydroxylation is 2. The third-order valence-electron chi connectivity index (χ3n) is 9.88. The van der Waals surface area contributed by atoms with Crippen LogP contribution in [0.3, 0.4) is 0 Å². The van der Waals surface area contributed by atoms with E-state index >= 15 is 0 Å². The van der Waals surface area contributed by atoms with E-state index in [0.29, 0.717) is 16.8 Å². The molecule has 5 aromatic rings. The van der Waals surface area contributed by atoms with Crippen molar-refractivity contribution in [2.45, 2.75) is 76.8 Å². The molecule has 2 aliphatic carbocycles. The molecule has 230 valence electrons. The summed E-state index contributed by atoms with van der Waals surface area (Å²) in [5.41, 5.74) is 7.16. The summed E-state index contributed by atoms with van der Waals surface area (Å²) in [5, 5.41) is 4.97. The average molecular weight is 620 g/mol. The number of hydrogen-bond donors (Lipinski definition) is 1. The maximum atomic E-state index is 14.0. The second-order valence-electron chi connectivity index (χ2n) is 12.8. The van der Waals surface area contributed by atoms with Crippen LogP contribution in [0, 0.1) is 6.92 Å². The number of nitrogens with zero attached hydrogens (tertiary/aromatic N) is 4. The minimum absolute atomic E-state index is 0.00737. The number of rotatable bonds is 7. The molecule has 45 heavy (non-hydrogen) atoms. The van der Waals surface area contributed by atoms with Gasteiger partial charge in [0.05, 0.1) is 22.3 Å². The second kappa shape index (κ2) is 11.6. The number of carbonyl (C=O) groups excluding carboxylic acids is 2. The Kier molecular flexibility index (Phi) is 7.60. The smallest absolute Gasteiger partial charge is 0.252 e. The fraction of sp³-hybridized carbons (Fsp3) is 0.351. The van der Waals surface area contributed by atoms with Crippen LogP contribution in [0.15, 0.2) is 60.8 Å². The molecule has 3 heterocycles. The van der Waals surface area contributed by atoms with Crippen LogP contribution in [0.25, 0.3) is 39.3 Å². The number of aromatic nitrogens is 4. The van der Waals surface area contributed by atoms with Crippen LogP contribution in [0.2, 0.25) is 5.15 Å². The minimum atomic E-state index is -0.535. The van der Waals surface area contributed by atoms with Crippen molar-refractivity contribution in [2.24, 2.45) is 7.05 Å². The number of amides is 1. The van der Waals surface area contributed by atoms with Crippen molar-refractivity contribution in [1.29, 1.82) is 0 Å². The SMILES string of the molecule is CC(=O)/C=C/c1ccc2nc(C3(NC(=O)c4ccc5c(c4)c(C)c(-c4cccnc4Cl)n5C4CCCCC4)CCC3)n(C)c2c1. The molecule has 0 radical (unpaired) electrons. The van der Waals surface area contributed by atoms with Crippen molar-refractivity contribution < 1.29 is 9.59 Å². The Labute approximate surface area is 268 Å². The molecule has 2 aliphatic rings. The van der Waals surface area contributed by atoms with Crippen molar-refractivity contribution >= 4 is 51.3 Å². The summed E-state index contributed by atoms with van der Waals surface area (Å²) in [7, 11) is 2.00. The quantitative estimate of drug-likeness (QED) is 0.146. The average Bonchev–Trinajstić information content (AvgIpc) is 3.51. The molecule has 0 spiro atoms. The van der Waals surface area contributed by atoms with Crippen molar-refractivity contribution in [3.63, 3.8) is 0 Å². The minimum Gasteiger partial charge on any atom is -0.339 e. The lowest BCUT2D eigenvalue weighted by Crippen LogP contribution is -2.52. The number of fused-ring (bicyclic) bond motifs is 2. The highest BCUT2D eigenvalue weighted by atomic mass is 35.5. The Balaban J connectivity index is 1.25. The number of carbonyl (C=O) groups is 2. The molecule has 2 aromatic carbocycles. The maximum absolute atomic E-state index is 14.0. The fourth-order valence-corrected chi connectivity index (χ4v) is 7.61. The molecule has 1 N–H and O–H groups in total. The van der Waals surface area contributed by atoms with Crippen LogP contribution in [-0.4, -0.2) is 30.8 Å². The monoisotopic (exact) mass is 619 g/mol. The van der Waals surface area contributed by atoms with Crippen LogP contribution < -0.4 is 5.32 Å². The number of ketones is 1. The van der Waals surface area contributed by atoms with Crippen molar-refractivity contribution in [3.05, 3.63) is 88.5 Å².